The van der Waals surface area contributed by atoms with Crippen LogP contribution in [0.15, 0.2) is 72.0 Å². The summed E-state index contributed by atoms with van der Waals surface area (Å²) in [4.78, 5) is 21.2. The van der Waals surface area contributed by atoms with Crippen LogP contribution in [-0.2, 0) is 15.1 Å². The fourth-order valence-electron chi connectivity index (χ4n) is 3.47. The molecule has 2 aromatic carbocycles. The number of hydrogen-bond donors (Lipinski definition) is 0. The predicted octanol–water partition coefficient (Wildman–Crippen LogP) is 4.68. The molecule has 1 aliphatic heterocycles. The minimum atomic E-state index is -1.19. The van der Waals surface area contributed by atoms with Crippen LogP contribution in [0.1, 0.15) is 23.6 Å². The lowest BCUT2D eigenvalue weighted by Gasteiger charge is -2.32. The van der Waals surface area contributed by atoms with Gasteiger partial charge in [0.1, 0.15) is 11.5 Å². The van der Waals surface area contributed by atoms with E-state index in [0.29, 0.717) is 22.2 Å². The Bertz CT molecular complexity index is 1060. The summed E-state index contributed by atoms with van der Waals surface area (Å²) in [5.41, 5.74) is 2.40. The number of nitrogens with zero attached hydrogens (tertiary/aromatic N) is 2. The number of carbonyl (C=O) groups is 1. The number of rotatable bonds is 4. The van der Waals surface area contributed by atoms with E-state index in [2.05, 4.69) is 4.98 Å². The fourth-order valence-corrected chi connectivity index (χ4v) is 3.60. The van der Waals surface area contributed by atoms with E-state index in [-0.39, 0.29) is 0 Å². The highest BCUT2D eigenvalue weighted by Gasteiger charge is 2.49. The number of benzene rings is 2. The molecule has 0 amide bonds. The zero-order valence-corrected chi connectivity index (χ0v) is 16.1. The van der Waals surface area contributed by atoms with Gasteiger partial charge in [0.05, 0.1) is 19.0 Å². The van der Waals surface area contributed by atoms with Crippen molar-refractivity contribution in [3.05, 3.63) is 88.7 Å². The van der Waals surface area contributed by atoms with E-state index in [4.69, 9.17) is 26.1 Å². The third-order valence-corrected chi connectivity index (χ3v) is 4.91. The van der Waals surface area contributed by atoms with Gasteiger partial charge < -0.3 is 9.47 Å². The molecule has 5 nitrogen and oxygen atoms in total. The highest BCUT2D eigenvalue weighted by Crippen LogP contribution is 2.47. The molecule has 0 aliphatic carbocycles. The lowest BCUT2D eigenvalue weighted by atomic mass is 9.81. The first-order valence-electron chi connectivity index (χ1n) is 8.68. The van der Waals surface area contributed by atoms with E-state index in [9.17, 15) is 4.79 Å². The summed E-state index contributed by atoms with van der Waals surface area (Å²) >= 11 is 6.06. The van der Waals surface area contributed by atoms with E-state index in [1.807, 2.05) is 42.5 Å². The van der Waals surface area contributed by atoms with Gasteiger partial charge in [0, 0.05) is 34.8 Å². The van der Waals surface area contributed by atoms with Crippen LogP contribution in [0.4, 0.5) is 5.69 Å². The van der Waals surface area contributed by atoms with Crippen molar-refractivity contribution in [1.29, 1.82) is 0 Å². The summed E-state index contributed by atoms with van der Waals surface area (Å²) in [7, 11) is 1.61. The summed E-state index contributed by atoms with van der Waals surface area (Å²) in [5, 5.41) is 0.615. The van der Waals surface area contributed by atoms with Crippen molar-refractivity contribution in [1.82, 2.24) is 4.98 Å². The Balaban J connectivity index is 1.99. The molecule has 0 N–H and O–H groups in total. The van der Waals surface area contributed by atoms with Gasteiger partial charge in [-0.1, -0.05) is 35.9 Å². The molecule has 0 saturated carbocycles. The van der Waals surface area contributed by atoms with Crippen molar-refractivity contribution >= 4 is 29.0 Å². The van der Waals surface area contributed by atoms with Crippen LogP contribution in [0.2, 0.25) is 5.02 Å². The molecule has 4 rings (SSSR count). The smallest absolute Gasteiger partial charge is 0.304 e. The molecule has 0 radical (unpaired) electrons. The molecule has 1 aliphatic rings. The van der Waals surface area contributed by atoms with Crippen molar-refractivity contribution in [3.63, 3.8) is 0 Å². The van der Waals surface area contributed by atoms with Gasteiger partial charge in [-0.2, -0.15) is 0 Å². The van der Waals surface area contributed by atoms with Crippen LogP contribution in [0, 0.1) is 0 Å². The fraction of sp³-hybridized carbons (Fsp3) is 0.136. The Morgan fingerprint density at radius 3 is 2.39 bits per heavy atom. The highest BCUT2D eigenvalue weighted by molar-refractivity contribution is 6.30. The zero-order valence-electron chi connectivity index (χ0n) is 15.3. The predicted molar refractivity (Wildman–Crippen MR) is 107 cm³/mol. The second kappa shape index (κ2) is 7.09. The molecule has 0 bridgehead atoms. The van der Waals surface area contributed by atoms with Crippen LogP contribution < -0.4 is 4.74 Å². The van der Waals surface area contributed by atoms with Crippen molar-refractivity contribution in [3.8, 4) is 5.75 Å². The summed E-state index contributed by atoms with van der Waals surface area (Å²) in [5.74, 6) is 0.293. The zero-order chi connectivity index (χ0) is 19.7. The molecule has 1 unspecified atom stereocenters. The second-order valence-electron chi connectivity index (χ2n) is 6.36. The van der Waals surface area contributed by atoms with Crippen molar-refractivity contribution in [2.24, 2.45) is 4.99 Å². The minimum Gasteiger partial charge on any atom is -0.497 e. The number of pyridine rings is 1. The average Bonchev–Trinajstić information content (AvgIpc) is 3.03. The summed E-state index contributed by atoms with van der Waals surface area (Å²) in [6, 6.07) is 16.5. The number of carbonyl (C=O) groups excluding carboxylic acids is 1. The number of aliphatic imine (C=N–C) groups is 1. The Kier molecular flexibility index (Phi) is 4.61. The Hall–Kier alpha value is -3.18. The Morgan fingerprint density at radius 1 is 1.04 bits per heavy atom. The standard InChI is InChI=1S/C22H17ClN2O3/c1-14(26)28-22(16-5-9-18(27-2)10-6-16)19-11-12-24-13-20(19)25-21(22)15-3-7-17(23)8-4-15/h3-13H,1-2H3. The van der Waals surface area contributed by atoms with E-state index in [1.165, 1.54) is 6.92 Å². The first kappa shape index (κ1) is 18.2. The van der Waals surface area contributed by atoms with Crippen LogP contribution in [0.3, 0.4) is 0 Å². The number of fused-ring (bicyclic) bond motifs is 1. The third kappa shape index (κ3) is 2.94. The van der Waals surface area contributed by atoms with Crippen molar-refractivity contribution in [2.75, 3.05) is 7.11 Å². The molecule has 2 heterocycles. The lowest BCUT2D eigenvalue weighted by molar-refractivity contribution is -0.148. The van der Waals surface area contributed by atoms with E-state index in [0.717, 1.165) is 16.7 Å². The highest BCUT2D eigenvalue weighted by atomic mass is 35.5. The van der Waals surface area contributed by atoms with Crippen LogP contribution in [0.5, 0.6) is 5.75 Å². The van der Waals surface area contributed by atoms with Gasteiger partial charge >= 0.3 is 5.97 Å². The normalized spacial score (nSPS) is 17.6. The summed E-state index contributed by atoms with van der Waals surface area (Å²) < 4.78 is 11.3. The molecule has 0 spiro atoms. The molecule has 1 atom stereocenters. The molecule has 0 fully saturated rings. The number of aromatic nitrogens is 1. The van der Waals surface area contributed by atoms with Gasteiger partial charge in [0.2, 0.25) is 5.60 Å². The molecular weight excluding hydrogens is 376 g/mol. The van der Waals surface area contributed by atoms with Gasteiger partial charge in [-0.3, -0.25) is 9.78 Å². The maximum atomic E-state index is 12.2. The van der Waals surface area contributed by atoms with E-state index < -0.39 is 11.6 Å². The topological polar surface area (TPSA) is 60.8 Å². The van der Waals surface area contributed by atoms with Crippen LogP contribution in [-0.4, -0.2) is 23.8 Å². The SMILES string of the molecule is COc1ccc(C2(OC(C)=O)C(c3ccc(Cl)cc3)=Nc3cnccc32)cc1. The lowest BCUT2D eigenvalue weighted by Crippen LogP contribution is -2.39. The van der Waals surface area contributed by atoms with Crippen LogP contribution >= 0.6 is 11.6 Å². The first-order chi connectivity index (χ1) is 13.5. The maximum Gasteiger partial charge on any atom is 0.304 e. The second-order valence-corrected chi connectivity index (χ2v) is 6.80. The monoisotopic (exact) mass is 392 g/mol. The quantitative estimate of drug-likeness (QED) is 0.604. The Labute approximate surface area is 167 Å². The molecule has 1 aromatic heterocycles. The summed E-state index contributed by atoms with van der Waals surface area (Å²) in [6.45, 7) is 1.39. The van der Waals surface area contributed by atoms with Gasteiger partial charge in [0.15, 0.2) is 0 Å². The number of halogens is 1. The maximum absolute atomic E-state index is 12.2. The molecule has 3 aromatic rings. The van der Waals surface area contributed by atoms with E-state index in [1.54, 1.807) is 31.6 Å². The average molecular weight is 393 g/mol. The third-order valence-electron chi connectivity index (χ3n) is 4.66. The molecule has 0 saturated heterocycles. The number of hydrogen-bond acceptors (Lipinski definition) is 5. The van der Waals surface area contributed by atoms with Gasteiger partial charge in [-0.05, 0) is 30.3 Å². The van der Waals surface area contributed by atoms with Crippen molar-refractivity contribution in [2.45, 2.75) is 12.5 Å². The number of esters is 1. The molecule has 6 heteroatoms. The number of methoxy groups -OCH3 is 1. The molecular formula is C22H17ClN2O3. The van der Waals surface area contributed by atoms with E-state index >= 15 is 0 Å². The van der Waals surface area contributed by atoms with Gasteiger partial charge in [0.25, 0.3) is 0 Å². The Morgan fingerprint density at radius 2 is 1.75 bits per heavy atom. The van der Waals surface area contributed by atoms with Crippen LogP contribution in [0.25, 0.3) is 0 Å². The van der Waals surface area contributed by atoms with Gasteiger partial charge in [-0.25, -0.2) is 4.99 Å². The number of ether oxygens (including phenoxy) is 2. The van der Waals surface area contributed by atoms with Crippen molar-refractivity contribution < 1.29 is 14.3 Å². The molecule has 140 valence electrons. The minimum absolute atomic E-state index is 0.415. The largest absolute Gasteiger partial charge is 0.497 e. The summed E-state index contributed by atoms with van der Waals surface area (Å²) in [6.07, 6.45) is 3.33. The molecule has 28 heavy (non-hydrogen) atoms. The van der Waals surface area contributed by atoms with Gasteiger partial charge in [-0.15, -0.1) is 0 Å². The first-order valence-corrected chi connectivity index (χ1v) is 9.06.